The highest BCUT2D eigenvalue weighted by Gasteiger charge is 2.23. The lowest BCUT2D eigenvalue weighted by molar-refractivity contribution is 0.570. The fourth-order valence-corrected chi connectivity index (χ4v) is 3.30. The van der Waals surface area contributed by atoms with Crippen molar-refractivity contribution in [2.75, 3.05) is 6.54 Å². The number of benzene rings is 1. The maximum atomic E-state index is 4.85. The summed E-state index contributed by atoms with van der Waals surface area (Å²) in [6.07, 6.45) is 4.21. The quantitative estimate of drug-likeness (QED) is 0.806. The van der Waals surface area contributed by atoms with E-state index < -0.39 is 0 Å². The normalized spacial score (nSPS) is 18.1. The average Bonchev–Trinajstić information content (AvgIpc) is 3.15. The second-order valence-electron chi connectivity index (χ2n) is 6.04. The predicted molar refractivity (Wildman–Crippen MR) is 87.8 cm³/mol. The van der Waals surface area contributed by atoms with Crippen LogP contribution in [-0.4, -0.2) is 21.1 Å². The third-order valence-electron chi connectivity index (χ3n) is 4.33. The van der Waals surface area contributed by atoms with E-state index in [0.29, 0.717) is 6.04 Å². The van der Waals surface area contributed by atoms with Crippen LogP contribution < -0.4 is 5.32 Å². The second kappa shape index (κ2) is 5.54. The molecule has 1 aromatic carbocycles. The van der Waals surface area contributed by atoms with Gasteiger partial charge in [-0.3, -0.25) is 0 Å². The molecule has 1 fully saturated rings. The first-order valence-corrected chi connectivity index (χ1v) is 7.91. The van der Waals surface area contributed by atoms with E-state index in [1.165, 1.54) is 17.5 Å². The SMILES string of the molecule is Cc1cccc(Cn2c(C3CCCN3)nc3cccnc32)c1. The van der Waals surface area contributed by atoms with Crippen molar-refractivity contribution in [3.05, 3.63) is 59.5 Å². The lowest BCUT2D eigenvalue weighted by Crippen LogP contribution is -2.18. The van der Waals surface area contributed by atoms with Gasteiger partial charge < -0.3 is 9.88 Å². The molecule has 1 saturated heterocycles. The molecule has 3 heterocycles. The number of nitrogens with zero attached hydrogens (tertiary/aromatic N) is 3. The summed E-state index contributed by atoms with van der Waals surface area (Å²) in [7, 11) is 0. The van der Waals surface area contributed by atoms with E-state index in [1.807, 2.05) is 18.3 Å². The van der Waals surface area contributed by atoms with Crippen LogP contribution >= 0.6 is 0 Å². The van der Waals surface area contributed by atoms with Gasteiger partial charge in [0.05, 0.1) is 12.6 Å². The third-order valence-corrected chi connectivity index (χ3v) is 4.33. The first-order valence-electron chi connectivity index (χ1n) is 7.91. The fraction of sp³-hybridized carbons (Fsp3) is 0.333. The van der Waals surface area contributed by atoms with Gasteiger partial charge in [-0.25, -0.2) is 9.97 Å². The van der Waals surface area contributed by atoms with Crippen molar-refractivity contribution >= 4 is 11.2 Å². The van der Waals surface area contributed by atoms with Crippen LogP contribution in [0.5, 0.6) is 0 Å². The van der Waals surface area contributed by atoms with Gasteiger partial charge in [0.1, 0.15) is 11.3 Å². The van der Waals surface area contributed by atoms with Crippen LogP contribution in [-0.2, 0) is 6.54 Å². The van der Waals surface area contributed by atoms with Crippen molar-refractivity contribution in [2.45, 2.75) is 32.4 Å². The molecule has 4 nitrogen and oxygen atoms in total. The minimum atomic E-state index is 0.346. The summed E-state index contributed by atoms with van der Waals surface area (Å²) in [5.74, 6) is 1.12. The maximum Gasteiger partial charge on any atom is 0.160 e. The topological polar surface area (TPSA) is 42.7 Å². The van der Waals surface area contributed by atoms with E-state index in [1.54, 1.807) is 0 Å². The molecule has 1 aliphatic rings. The van der Waals surface area contributed by atoms with Crippen LogP contribution in [0.2, 0.25) is 0 Å². The molecular formula is C18H20N4. The molecule has 0 spiro atoms. The van der Waals surface area contributed by atoms with Gasteiger partial charge in [0.15, 0.2) is 5.65 Å². The van der Waals surface area contributed by atoms with Crippen molar-refractivity contribution in [1.29, 1.82) is 0 Å². The Labute approximate surface area is 130 Å². The van der Waals surface area contributed by atoms with Crippen LogP contribution in [0.15, 0.2) is 42.6 Å². The van der Waals surface area contributed by atoms with Crippen molar-refractivity contribution in [2.24, 2.45) is 0 Å². The Bertz CT molecular complexity index is 800. The van der Waals surface area contributed by atoms with E-state index >= 15 is 0 Å². The van der Waals surface area contributed by atoms with Crippen LogP contribution in [0.25, 0.3) is 11.2 Å². The molecule has 2 aromatic heterocycles. The average molecular weight is 292 g/mol. The molecule has 112 valence electrons. The highest BCUT2D eigenvalue weighted by molar-refractivity contribution is 5.71. The Morgan fingerprint density at radius 2 is 2.23 bits per heavy atom. The minimum absolute atomic E-state index is 0.346. The summed E-state index contributed by atoms with van der Waals surface area (Å²) in [6, 6.07) is 13.0. The largest absolute Gasteiger partial charge is 0.307 e. The number of fused-ring (bicyclic) bond motifs is 1. The molecule has 0 bridgehead atoms. The van der Waals surface area contributed by atoms with Crippen molar-refractivity contribution in [3.63, 3.8) is 0 Å². The van der Waals surface area contributed by atoms with E-state index in [9.17, 15) is 0 Å². The van der Waals surface area contributed by atoms with Crippen LogP contribution in [0.1, 0.15) is 35.8 Å². The molecule has 1 N–H and O–H groups in total. The molecule has 0 aliphatic carbocycles. The van der Waals surface area contributed by atoms with Gasteiger partial charge in [-0.2, -0.15) is 0 Å². The van der Waals surface area contributed by atoms with Crippen LogP contribution in [0.3, 0.4) is 0 Å². The molecule has 1 aliphatic heterocycles. The van der Waals surface area contributed by atoms with Crippen molar-refractivity contribution < 1.29 is 0 Å². The molecule has 4 rings (SSSR count). The molecule has 1 atom stereocenters. The standard InChI is InChI=1S/C18H20N4/c1-13-5-2-6-14(11-13)12-22-17-16(8-4-10-20-17)21-18(22)15-7-3-9-19-15/h2,4-6,8,10-11,15,19H,3,7,9,12H2,1H3. The predicted octanol–water partition coefficient (Wildman–Crippen LogP) is 3.21. The number of rotatable bonds is 3. The molecule has 0 saturated carbocycles. The van der Waals surface area contributed by atoms with E-state index in [-0.39, 0.29) is 0 Å². The molecule has 3 aromatic rings. The first kappa shape index (κ1) is 13.5. The van der Waals surface area contributed by atoms with Gasteiger partial charge in [-0.05, 0) is 44.0 Å². The second-order valence-corrected chi connectivity index (χ2v) is 6.04. The number of nitrogens with one attached hydrogen (secondary N) is 1. The molecular weight excluding hydrogens is 272 g/mol. The molecule has 22 heavy (non-hydrogen) atoms. The molecule has 1 unspecified atom stereocenters. The van der Waals surface area contributed by atoms with Gasteiger partial charge in [0, 0.05) is 6.20 Å². The number of imidazole rings is 1. The Kier molecular flexibility index (Phi) is 3.39. The van der Waals surface area contributed by atoms with Gasteiger partial charge in [0.25, 0.3) is 0 Å². The summed E-state index contributed by atoms with van der Waals surface area (Å²) in [5.41, 5.74) is 4.55. The summed E-state index contributed by atoms with van der Waals surface area (Å²) < 4.78 is 2.27. The maximum absolute atomic E-state index is 4.85. The van der Waals surface area contributed by atoms with Crippen molar-refractivity contribution in [1.82, 2.24) is 19.9 Å². The third kappa shape index (κ3) is 2.40. The fourth-order valence-electron chi connectivity index (χ4n) is 3.30. The number of pyridine rings is 1. The smallest absolute Gasteiger partial charge is 0.160 e. The Balaban J connectivity index is 1.81. The Hall–Kier alpha value is -2.20. The van der Waals surface area contributed by atoms with E-state index in [2.05, 4.69) is 46.1 Å². The zero-order chi connectivity index (χ0) is 14.9. The van der Waals surface area contributed by atoms with Gasteiger partial charge in [0.2, 0.25) is 0 Å². The van der Waals surface area contributed by atoms with Gasteiger partial charge >= 0.3 is 0 Å². The monoisotopic (exact) mass is 292 g/mol. The number of aromatic nitrogens is 3. The van der Waals surface area contributed by atoms with Crippen molar-refractivity contribution in [3.8, 4) is 0 Å². The zero-order valence-corrected chi connectivity index (χ0v) is 12.8. The lowest BCUT2D eigenvalue weighted by Gasteiger charge is -2.14. The highest BCUT2D eigenvalue weighted by Crippen LogP contribution is 2.26. The number of hydrogen-bond acceptors (Lipinski definition) is 3. The first-order chi connectivity index (χ1) is 10.8. The van der Waals surface area contributed by atoms with Gasteiger partial charge in [-0.1, -0.05) is 29.8 Å². The molecule has 0 amide bonds. The minimum Gasteiger partial charge on any atom is -0.307 e. The molecule has 0 radical (unpaired) electrons. The zero-order valence-electron chi connectivity index (χ0n) is 12.8. The van der Waals surface area contributed by atoms with Crippen LogP contribution in [0, 0.1) is 6.92 Å². The summed E-state index contributed by atoms with van der Waals surface area (Å²) >= 11 is 0. The highest BCUT2D eigenvalue weighted by atomic mass is 15.2. The van der Waals surface area contributed by atoms with Gasteiger partial charge in [-0.15, -0.1) is 0 Å². The molecule has 4 heteroatoms. The number of hydrogen-bond donors (Lipinski definition) is 1. The number of aryl methyl sites for hydroxylation is 1. The summed E-state index contributed by atoms with van der Waals surface area (Å²) in [6.45, 7) is 4.03. The van der Waals surface area contributed by atoms with E-state index in [4.69, 9.17) is 4.98 Å². The lowest BCUT2D eigenvalue weighted by atomic mass is 10.1. The van der Waals surface area contributed by atoms with Crippen LogP contribution in [0.4, 0.5) is 0 Å². The Morgan fingerprint density at radius 3 is 3.05 bits per heavy atom. The Morgan fingerprint density at radius 1 is 1.27 bits per heavy atom. The summed E-state index contributed by atoms with van der Waals surface area (Å²) in [4.78, 5) is 9.42. The summed E-state index contributed by atoms with van der Waals surface area (Å²) in [5, 5.41) is 3.56. The van der Waals surface area contributed by atoms with E-state index in [0.717, 1.165) is 36.5 Å².